The second-order valence-electron chi connectivity index (χ2n) is 9.71. The predicted molar refractivity (Wildman–Crippen MR) is 158 cm³/mol. The van der Waals surface area contributed by atoms with Crippen LogP contribution in [0.4, 0.5) is 5.69 Å². The largest absolute Gasteiger partial charge is 0.497 e. The normalized spacial score (nSPS) is 12.1. The fourth-order valence-corrected chi connectivity index (χ4v) is 5.90. The van der Waals surface area contributed by atoms with Gasteiger partial charge in [0.05, 0.1) is 22.7 Å². The number of halogens is 1. The molecule has 0 aliphatic rings. The van der Waals surface area contributed by atoms with Gasteiger partial charge in [0.25, 0.3) is 10.0 Å². The third kappa shape index (κ3) is 7.76. The Morgan fingerprint density at radius 3 is 2.15 bits per heavy atom. The molecule has 0 radical (unpaired) electrons. The lowest BCUT2D eigenvalue weighted by Gasteiger charge is -2.33. The molecule has 3 rings (SSSR count). The van der Waals surface area contributed by atoms with Crippen LogP contribution >= 0.6 is 11.6 Å². The molecule has 0 aliphatic carbocycles. The smallest absolute Gasteiger partial charge is 0.264 e. The molecule has 0 bridgehead atoms. The Balaban J connectivity index is 2.04. The zero-order chi connectivity index (χ0) is 29.3. The molecule has 3 aromatic rings. The molecule has 0 saturated heterocycles. The van der Waals surface area contributed by atoms with Crippen molar-refractivity contribution in [2.45, 2.75) is 44.7 Å². The number of nitrogens with zero attached hydrogens (tertiary/aromatic N) is 2. The van der Waals surface area contributed by atoms with Crippen molar-refractivity contribution in [3.05, 3.63) is 89.4 Å². The maximum Gasteiger partial charge on any atom is 0.264 e. The van der Waals surface area contributed by atoms with Gasteiger partial charge in [-0.05, 0) is 54.3 Å². The third-order valence-electron chi connectivity index (χ3n) is 6.31. The summed E-state index contributed by atoms with van der Waals surface area (Å²) >= 11 is 6.44. The fourth-order valence-electron chi connectivity index (χ4n) is 4.16. The van der Waals surface area contributed by atoms with Gasteiger partial charge in [-0.15, -0.1) is 0 Å². The van der Waals surface area contributed by atoms with Crippen molar-refractivity contribution in [2.24, 2.45) is 5.92 Å². The number of anilines is 1. The van der Waals surface area contributed by atoms with Gasteiger partial charge in [0.15, 0.2) is 0 Å². The van der Waals surface area contributed by atoms with Gasteiger partial charge < -0.3 is 15.0 Å². The summed E-state index contributed by atoms with van der Waals surface area (Å²) in [6, 6.07) is 20.7. The van der Waals surface area contributed by atoms with Gasteiger partial charge in [0, 0.05) is 13.1 Å². The van der Waals surface area contributed by atoms with E-state index in [1.807, 2.05) is 32.9 Å². The van der Waals surface area contributed by atoms with E-state index in [9.17, 15) is 18.0 Å². The number of hydrogen-bond acceptors (Lipinski definition) is 5. The summed E-state index contributed by atoms with van der Waals surface area (Å²) in [5.41, 5.74) is 0.933. The van der Waals surface area contributed by atoms with Crippen molar-refractivity contribution in [1.82, 2.24) is 10.2 Å². The lowest BCUT2D eigenvalue weighted by molar-refractivity contribution is -0.140. The summed E-state index contributed by atoms with van der Waals surface area (Å²) in [4.78, 5) is 28.8. The van der Waals surface area contributed by atoms with Gasteiger partial charge in [-0.3, -0.25) is 13.9 Å². The van der Waals surface area contributed by atoms with Crippen molar-refractivity contribution >= 4 is 39.1 Å². The molecule has 10 heteroatoms. The van der Waals surface area contributed by atoms with E-state index in [0.717, 1.165) is 9.87 Å². The number of sulfonamides is 1. The molecule has 0 aromatic heterocycles. The SMILES string of the molecule is CC[C@@H](C(=O)NCC(C)C)N(Cc1ccc(OC)cc1)C(=O)CN(c1ccccc1Cl)S(=O)(=O)c1ccccc1. The average molecular weight is 586 g/mol. The highest BCUT2D eigenvalue weighted by atomic mass is 35.5. The van der Waals surface area contributed by atoms with Crippen molar-refractivity contribution < 1.29 is 22.7 Å². The summed E-state index contributed by atoms with van der Waals surface area (Å²) in [6.07, 6.45) is 0.337. The standard InChI is InChI=1S/C30H36ClN3O5S/c1-5-27(30(36)32-19-22(2)3)33(20-23-15-17-24(39-4)18-16-23)29(35)21-34(28-14-10-9-13-26(28)31)40(37,38)25-11-7-6-8-12-25/h6-18,22,27H,5,19-21H2,1-4H3,(H,32,36)/t27-/m0/s1. The summed E-state index contributed by atoms with van der Waals surface area (Å²) in [7, 11) is -2.61. The second kappa shape index (κ2) is 14.2. The Morgan fingerprint density at radius 2 is 1.57 bits per heavy atom. The molecule has 0 spiro atoms. The average Bonchev–Trinajstić information content (AvgIpc) is 2.95. The minimum absolute atomic E-state index is 0.0196. The van der Waals surface area contributed by atoms with Crippen LogP contribution in [0.1, 0.15) is 32.8 Å². The van der Waals surface area contributed by atoms with E-state index in [0.29, 0.717) is 18.7 Å². The van der Waals surface area contributed by atoms with E-state index >= 15 is 0 Å². The Morgan fingerprint density at radius 1 is 0.950 bits per heavy atom. The molecular weight excluding hydrogens is 550 g/mol. The van der Waals surface area contributed by atoms with Crippen LogP contribution in [0.25, 0.3) is 0 Å². The number of methoxy groups -OCH3 is 1. The first-order chi connectivity index (χ1) is 19.1. The van der Waals surface area contributed by atoms with E-state index in [1.165, 1.54) is 17.0 Å². The Labute approximate surface area is 241 Å². The van der Waals surface area contributed by atoms with Crippen LogP contribution in [0.5, 0.6) is 5.75 Å². The van der Waals surface area contributed by atoms with E-state index in [-0.39, 0.29) is 34.0 Å². The number of para-hydroxylation sites is 1. The Bertz CT molecular complexity index is 1380. The second-order valence-corrected chi connectivity index (χ2v) is 12.0. The summed E-state index contributed by atoms with van der Waals surface area (Å²) < 4.78 is 33.9. The lowest BCUT2D eigenvalue weighted by Crippen LogP contribution is -2.52. The molecule has 0 fully saturated rings. The number of amides is 2. The van der Waals surface area contributed by atoms with Crippen LogP contribution in [-0.2, 0) is 26.2 Å². The molecule has 0 heterocycles. The van der Waals surface area contributed by atoms with E-state index in [4.69, 9.17) is 16.3 Å². The topological polar surface area (TPSA) is 96.0 Å². The molecule has 214 valence electrons. The number of nitrogens with one attached hydrogen (secondary N) is 1. The van der Waals surface area contributed by atoms with Gasteiger partial charge >= 0.3 is 0 Å². The molecule has 1 atom stereocenters. The van der Waals surface area contributed by atoms with E-state index < -0.39 is 28.5 Å². The van der Waals surface area contributed by atoms with Crippen LogP contribution < -0.4 is 14.4 Å². The molecule has 0 aliphatic heterocycles. The molecule has 1 N–H and O–H groups in total. The minimum atomic E-state index is -4.18. The van der Waals surface area contributed by atoms with Crippen molar-refractivity contribution in [1.29, 1.82) is 0 Å². The summed E-state index contributed by atoms with van der Waals surface area (Å²) in [6.45, 7) is 5.78. The van der Waals surface area contributed by atoms with Gasteiger partial charge in [-0.1, -0.05) is 74.8 Å². The number of ether oxygens (including phenoxy) is 1. The Hall–Kier alpha value is -3.56. The first-order valence-corrected chi connectivity index (χ1v) is 14.9. The monoisotopic (exact) mass is 585 g/mol. The summed E-state index contributed by atoms with van der Waals surface area (Å²) in [5, 5.41) is 3.10. The molecule has 0 unspecified atom stereocenters. The first kappa shape index (κ1) is 31.0. The van der Waals surface area contributed by atoms with Crippen molar-refractivity contribution in [3.63, 3.8) is 0 Å². The quantitative estimate of drug-likeness (QED) is 0.300. The van der Waals surface area contributed by atoms with E-state index in [1.54, 1.807) is 61.7 Å². The highest BCUT2D eigenvalue weighted by Gasteiger charge is 2.34. The molecule has 40 heavy (non-hydrogen) atoms. The van der Waals surface area contributed by atoms with Crippen LogP contribution in [0, 0.1) is 5.92 Å². The summed E-state index contributed by atoms with van der Waals surface area (Å²) in [5.74, 6) is 0.0381. The lowest BCUT2D eigenvalue weighted by atomic mass is 10.1. The number of benzene rings is 3. The van der Waals surface area contributed by atoms with Crippen molar-refractivity contribution in [3.8, 4) is 5.75 Å². The molecule has 0 saturated carbocycles. The molecule has 8 nitrogen and oxygen atoms in total. The van der Waals surface area contributed by atoms with Gasteiger partial charge in [-0.2, -0.15) is 0 Å². The number of hydrogen-bond donors (Lipinski definition) is 1. The van der Waals surface area contributed by atoms with Crippen molar-refractivity contribution in [2.75, 3.05) is 24.5 Å². The third-order valence-corrected chi connectivity index (χ3v) is 8.41. The van der Waals surface area contributed by atoms with Crippen LogP contribution in [0.2, 0.25) is 5.02 Å². The fraction of sp³-hybridized carbons (Fsp3) is 0.333. The van der Waals surface area contributed by atoms with Crippen LogP contribution in [-0.4, -0.2) is 51.4 Å². The minimum Gasteiger partial charge on any atom is -0.497 e. The van der Waals surface area contributed by atoms with Gasteiger partial charge in [0.1, 0.15) is 18.3 Å². The van der Waals surface area contributed by atoms with Gasteiger partial charge in [0.2, 0.25) is 11.8 Å². The predicted octanol–water partition coefficient (Wildman–Crippen LogP) is 5.12. The molecular formula is C30H36ClN3O5S. The van der Waals surface area contributed by atoms with E-state index in [2.05, 4.69) is 5.32 Å². The van der Waals surface area contributed by atoms with Crippen LogP contribution in [0.3, 0.4) is 0 Å². The Kier molecular flexibility index (Phi) is 11.0. The highest BCUT2D eigenvalue weighted by Crippen LogP contribution is 2.31. The first-order valence-electron chi connectivity index (χ1n) is 13.1. The zero-order valence-corrected chi connectivity index (χ0v) is 24.8. The zero-order valence-electron chi connectivity index (χ0n) is 23.2. The highest BCUT2D eigenvalue weighted by molar-refractivity contribution is 7.92. The molecule has 2 amide bonds. The number of carbonyl (C=O) groups excluding carboxylic acids is 2. The molecule has 3 aromatic carbocycles. The number of rotatable bonds is 13. The maximum absolute atomic E-state index is 14.1. The van der Waals surface area contributed by atoms with Crippen LogP contribution in [0.15, 0.2) is 83.8 Å². The van der Waals surface area contributed by atoms with Gasteiger partial charge in [-0.25, -0.2) is 8.42 Å². The number of carbonyl (C=O) groups is 2. The maximum atomic E-state index is 14.1.